The minimum absolute atomic E-state index is 0.132. The summed E-state index contributed by atoms with van der Waals surface area (Å²) in [5.41, 5.74) is 3.06. The largest absolute Gasteiger partial charge is 0.457 e. The van der Waals surface area contributed by atoms with E-state index in [0.717, 1.165) is 21.2 Å². The van der Waals surface area contributed by atoms with Crippen molar-refractivity contribution in [2.75, 3.05) is 12.4 Å². The maximum atomic E-state index is 13.3. The highest BCUT2D eigenvalue weighted by Crippen LogP contribution is 2.32. The van der Waals surface area contributed by atoms with Crippen LogP contribution in [-0.2, 0) is 11.3 Å². The molecule has 37 heavy (non-hydrogen) atoms. The molecule has 0 aliphatic rings. The number of hydrogen-bond acceptors (Lipinski definition) is 4. The highest BCUT2D eigenvalue weighted by molar-refractivity contribution is 9.10. The molecule has 0 bridgehead atoms. The average Bonchev–Trinajstić information content (AvgIpc) is 2.79. The number of carbonyl (C=O) groups is 2. The second-order valence-corrected chi connectivity index (χ2v) is 11.3. The second kappa shape index (κ2) is 11.8. The molecule has 0 fully saturated rings. The summed E-state index contributed by atoms with van der Waals surface area (Å²) in [5.74, 6) is 1.05. The van der Waals surface area contributed by atoms with E-state index in [1.807, 2.05) is 32.0 Å². The zero-order chi connectivity index (χ0) is 27.5. The number of anilines is 1. The van der Waals surface area contributed by atoms with E-state index < -0.39 is 11.7 Å². The standard InChI is InChI=1S/C28H29BrCl2N2O4/c1-16-17(2)25(32-27(35)37-28(3,4)5)12-10-21(16)26(34)33(6)15-18-7-8-19(13-22(18)29)36-20-9-11-23(30)24(31)14-20/h7-14H,15H2,1-6H3,(H,32,35). The van der Waals surface area contributed by atoms with Gasteiger partial charge in [-0.15, -0.1) is 0 Å². The summed E-state index contributed by atoms with van der Waals surface area (Å²) in [6.07, 6.45) is -0.539. The number of ether oxygens (including phenoxy) is 2. The van der Waals surface area contributed by atoms with Crippen LogP contribution in [0.1, 0.15) is 47.8 Å². The first-order chi connectivity index (χ1) is 17.2. The second-order valence-electron chi connectivity index (χ2n) is 9.63. The van der Waals surface area contributed by atoms with Crippen molar-refractivity contribution in [3.05, 3.63) is 85.3 Å². The molecule has 0 aliphatic carbocycles. The lowest BCUT2D eigenvalue weighted by Gasteiger charge is -2.22. The lowest BCUT2D eigenvalue weighted by molar-refractivity contribution is 0.0635. The highest BCUT2D eigenvalue weighted by atomic mass is 79.9. The normalized spacial score (nSPS) is 11.2. The Morgan fingerprint density at radius 3 is 2.22 bits per heavy atom. The number of amides is 2. The quantitative estimate of drug-likeness (QED) is 0.304. The third-order valence-electron chi connectivity index (χ3n) is 5.56. The van der Waals surface area contributed by atoms with Gasteiger partial charge in [-0.1, -0.05) is 45.2 Å². The lowest BCUT2D eigenvalue weighted by Crippen LogP contribution is -2.28. The monoisotopic (exact) mass is 606 g/mol. The molecule has 0 aliphatic heterocycles. The summed E-state index contributed by atoms with van der Waals surface area (Å²) in [6, 6.07) is 14.1. The van der Waals surface area contributed by atoms with Crippen LogP contribution in [0.15, 0.2) is 53.0 Å². The van der Waals surface area contributed by atoms with E-state index in [0.29, 0.717) is 39.3 Å². The van der Waals surface area contributed by atoms with Gasteiger partial charge in [0.1, 0.15) is 17.1 Å². The fraction of sp³-hybridized carbons (Fsp3) is 0.286. The molecule has 0 unspecified atom stereocenters. The van der Waals surface area contributed by atoms with Gasteiger partial charge in [0.2, 0.25) is 0 Å². The third kappa shape index (κ3) is 7.63. The maximum Gasteiger partial charge on any atom is 0.412 e. The number of carbonyl (C=O) groups excluding carboxylic acids is 2. The van der Waals surface area contributed by atoms with Crippen LogP contribution in [0.3, 0.4) is 0 Å². The van der Waals surface area contributed by atoms with Crippen molar-refractivity contribution in [3.63, 3.8) is 0 Å². The summed E-state index contributed by atoms with van der Waals surface area (Å²) in [4.78, 5) is 27.1. The highest BCUT2D eigenvalue weighted by Gasteiger charge is 2.20. The smallest absolute Gasteiger partial charge is 0.412 e. The van der Waals surface area contributed by atoms with Crippen LogP contribution in [0.5, 0.6) is 11.5 Å². The Morgan fingerprint density at radius 2 is 1.59 bits per heavy atom. The fourth-order valence-electron chi connectivity index (χ4n) is 3.53. The SMILES string of the molecule is Cc1c(NC(=O)OC(C)(C)C)ccc(C(=O)N(C)Cc2ccc(Oc3ccc(Cl)c(Cl)c3)cc2Br)c1C. The number of nitrogens with one attached hydrogen (secondary N) is 1. The summed E-state index contributed by atoms with van der Waals surface area (Å²) in [7, 11) is 1.75. The van der Waals surface area contributed by atoms with E-state index in [-0.39, 0.29) is 5.91 Å². The summed E-state index contributed by atoms with van der Waals surface area (Å²) in [5, 5.41) is 3.63. The minimum atomic E-state index is -0.603. The van der Waals surface area contributed by atoms with E-state index >= 15 is 0 Å². The van der Waals surface area contributed by atoms with Crippen LogP contribution in [0.2, 0.25) is 10.0 Å². The molecule has 0 atom stereocenters. The van der Waals surface area contributed by atoms with Crippen LogP contribution >= 0.6 is 39.1 Å². The van der Waals surface area contributed by atoms with Crippen molar-refractivity contribution < 1.29 is 19.1 Å². The molecule has 9 heteroatoms. The number of halogens is 3. The topological polar surface area (TPSA) is 67.9 Å². The van der Waals surface area contributed by atoms with Crippen molar-refractivity contribution in [1.82, 2.24) is 4.90 Å². The van der Waals surface area contributed by atoms with Gasteiger partial charge in [-0.05, 0) is 87.7 Å². The van der Waals surface area contributed by atoms with Crippen LogP contribution in [0.4, 0.5) is 10.5 Å². The molecule has 0 heterocycles. The van der Waals surface area contributed by atoms with Gasteiger partial charge >= 0.3 is 6.09 Å². The molecular weight excluding hydrogens is 579 g/mol. The van der Waals surface area contributed by atoms with Crippen LogP contribution in [0, 0.1) is 13.8 Å². The Labute approximate surface area is 236 Å². The first-order valence-electron chi connectivity index (χ1n) is 11.5. The molecule has 2 amide bonds. The number of rotatable bonds is 6. The van der Waals surface area contributed by atoms with Crippen LogP contribution in [-0.4, -0.2) is 29.5 Å². The predicted octanol–water partition coefficient (Wildman–Crippen LogP) is 8.78. The first kappa shape index (κ1) is 28.8. The minimum Gasteiger partial charge on any atom is -0.457 e. The Kier molecular flexibility index (Phi) is 9.16. The molecule has 0 spiro atoms. The van der Waals surface area contributed by atoms with Crippen molar-refractivity contribution >= 4 is 56.8 Å². The third-order valence-corrected chi connectivity index (χ3v) is 7.04. The van der Waals surface area contributed by atoms with E-state index in [1.165, 1.54) is 0 Å². The van der Waals surface area contributed by atoms with Crippen molar-refractivity contribution in [2.24, 2.45) is 0 Å². The average molecular weight is 608 g/mol. The molecule has 0 aromatic heterocycles. The molecule has 6 nitrogen and oxygen atoms in total. The van der Waals surface area contributed by atoms with Gasteiger partial charge in [0.05, 0.1) is 10.0 Å². The van der Waals surface area contributed by atoms with Gasteiger partial charge in [-0.2, -0.15) is 0 Å². The summed E-state index contributed by atoms with van der Waals surface area (Å²) >= 11 is 15.6. The zero-order valence-electron chi connectivity index (χ0n) is 21.5. The predicted molar refractivity (Wildman–Crippen MR) is 152 cm³/mol. The van der Waals surface area contributed by atoms with Crippen LogP contribution < -0.4 is 10.1 Å². The molecule has 0 radical (unpaired) electrons. The maximum absolute atomic E-state index is 13.3. The number of hydrogen-bond donors (Lipinski definition) is 1. The molecule has 3 rings (SSSR count). The van der Waals surface area contributed by atoms with Gasteiger partial charge < -0.3 is 14.4 Å². The van der Waals surface area contributed by atoms with Gasteiger partial charge in [0.25, 0.3) is 5.91 Å². The number of nitrogens with zero attached hydrogens (tertiary/aromatic N) is 1. The first-order valence-corrected chi connectivity index (χ1v) is 13.1. The van der Waals surface area contributed by atoms with E-state index in [2.05, 4.69) is 21.2 Å². The molecular formula is C28H29BrCl2N2O4. The molecule has 0 saturated carbocycles. The lowest BCUT2D eigenvalue weighted by atomic mass is 10.0. The summed E-state index contributed by atoms with van der Waals surface area (Å²) < 4.78 is 12.0. The molecule has 196 valence electrons. The Bertz CT molecular complexity index is 1340. The summed E-state index contributed by atoms with van der Waals surface area (Å²) in [6.45, 7) is 9.51. The molecule has 3 aromatic rings. The van der Waals surface area contributed by atoms with Gasteiger partial charge in [0.15, 0.2) is 0 Å². The van der Waals surface area contributed by atoms with Gasteiger partial charge in [-0.3, -0.25) is 10.1 Å². The number of benzene rings is 3. The molecule has 0 saturated heterocycles. The van der Waals surface area contributed by atoms with Crippen LogP contribution in [0.25, 0.3) is 0 Å². The van der Waals surface area contributed by atoms with E-state index in [9.17, 15) is 9.59 Å². The Morgan fingerprint density at radius 1 is 0.946 bits per heavy atom. The van der Waals surface area contributed by atoms with E-state index in [1.54, 1.807) is 63.1 Å². The van der Waals surface area contributed by atoms with E-state index in [4.69, 9.17) is 32.7 Å². The van der Waals surface area contributed by atoms with Crippen molar-refractivity contribution in [2.45, 2.75) is 46.8 Å². The Balaban J connectivity index is 1.70. The molecule has 3 aromatic carbocycles. The van der Waals surface area contributed by atoms with Gasteiger partial charge in [0, 0.05) is 35.4 Å². The zero-order valence-corrected chi connectivity index (χ0v) is 24.6. The fourth-order valence-corrected chi connectivity index (χ4v) is 4.30. The van der Waals surface area contributed by atoms with Gasteiger partial charge in [-0.25, -0.2) is 4.79 Å². The van der Waals surface area contributed by atoms with Crippen molar-refractivity contribution in [3.8, 4) is 11.5 Å². The Hall–Kier alpha value is -2.74. The molecule has 1 N–H and O–H groups in total. The van der Waals surface area contributed by atoms with Crippen molar-refractivity contribution in [1.29, 1.82) is 0 Å².